The van der Waals surface area contributed by atoms with Gasteiger partial charge in [-0.1, -0.05) is 152 Å². The summed E-state index contributed by atoms with van der Waals surface area (Å²) in [5.41, 5.74) is 16.4. The van der Waals surface area contributed by atoms with Crippen LogP contribution in [0.15, 0.2) is 200 Å². The maximum absolute atomic E-state index is 2.56. The van der Waals surface area contributed by atoms with E-state index >= 15 is 0 Å². The highest BCUT2D eigenvalue weighted by atomic mass is 15.0. The average molecular weight is 708 g/mol. The maximum Gasteiger partial charge on any atom is 0.0725 e. The number of para-hydroxylation sites is 2. The summed E-state index contributed by atoms with van der Waals surface area (Å²) < 4.78 is 2.40. The molecule has 2 aliphatic rings. The van der Waals surface area contributed by atoms with Gasteiger partial charge in [-0.25, -0.2) is 0 Å². The maximum atomic E-state index is 2.56. The van der Waals surface area contributed by atoms with Crippen molar-refractivity contribution < 1.29 is 0 Å². The number of nitrogens with zero attached hydrogens (tertiary/aromatic N) is 1. The molecule has 0 aliphatic heterocycles. The van der Waals surface area contributed by atoms with Crippen LogP contribution in [0.4, 0.5) is 0 Å². The third-order valence-corrected chi connectivity index (χ3v) is 13.0. The van der Waals surface area contributed by atoms with E-state index in [1.807, 2.05) is 0 Å². The lowest BCUT2D eigenvalue weighted by Gasteiger charge is -2.31. The Morgan fingerprint density at radius 2 is 0.750 bits per heavy atom. The zero-order chi connectivity index (χ0) is 36.5. The van der Waals surface area contributed by atoms with Crippen LogP contribution < -0.4 is 0 Å². The third-order valence-electron chi connectivity index (χ3n) is 13.0. The smallest absolute Gasteiger partial charge is 0.0725 e. The molecule has 1 aromatic heterocycles. The van der Waals surface area contributed by atoms with Crippen LogP contribution in [0, 0.1) is 0 Å². The minimum atomic E-state index is -0.456. The lowest BCUT2D eigenvalue weighted by atomic mass is 9.70. The molecule has 10 aromatic carbocycles. The van der Waals surface area contributed by atoms with E-state index in [1.165, 1.54) is 115 Å². The first-order valence-corrected chi connectivity index (χ1v) is 19.6. The van der Waals surface area contributed by atoms with Gasteiger partial charge in [-0.05, 0) is 136 Å². The first-order valence-electron chi connectivity index (χ1n) is 19.6. The van der Waals surface area contributed by atoms with Gasteiger partial charge in [0.2, 0.25) is 0 Å². The van der Waals surface area contributed by atoms with Crippen molar-refractivity contribution in [1.82, 2.24) is 4.57 Å². The van der Waals surface area contributed by atoms with Gasteiger partial charge < -0.3 is 4.57 Å². The fourth-order valence-electron chi connectivity index (χ4n) is 10.7. The van der Waals surface area contributed by atoms with Gasteiger partial charge in [0.25, 0.3) is 0 Å². The van der Waals surface area contributed by atoms with Gasteiger partial charge in [0.1, 0.15) is 0 Å². The molecule has 0 radical (unpaired) electrons. The fraction of sp³-hybridized carbons (Fsp3) is 0.0182. The van der Waals surface area contributed by atoms with Crippen LogP contribution in [0.5, 0.6) is 0 Å². The lowest BCUT2D eigenvalue weighted by Crippen LogP contribution is -2.25. The molecule has 56 heavy (non-hydrogen) atoms. The van der Waals surface area contributed by atoms with Crippen LogP contribution in [0.3, 0.4) is 0 Å². The van der Waals surface area contributed by atoms with Gasteiger partial charge >= 0.3 is 0 Å². The molecule has 0 N–H and O–H groups in total. The second-order valence-corrected chi connectivity index (χ2v) is 15.6. The van der Waals surface area contributed by atoms with E-state index in [2.05, 4.69) is 205 Å². The Hall–Kier alpha value is -7.22. The average Bonchev–Trinajstić information content (AvgIpc) is 3.87. The van der Waals surface area contributed by atoms with E-state index in [-0.39, 0.29) is 0 Å². The number of aromatic nitrogens is 1. The summed E-state index contributed by atoms with van der Waals surface area (Å²) in [6, 6.07) is 75.1. The largest absolute Gasteiger partial charge is 0.309 e. The minimum Gasteiger partial charge on any atom is -0.309 e. The van der Waals surface area contributed by atoms with Crippen molar-refractivity contribution >= 4 is 54.1 Å². The molecule has 0 bridgehead atoms. The van der Waals surface area contributed by atoms with Crippen molar-refractivity contribution in [2.75, 3.05) is 0 Å². The normalized spacial score (nSPS) is 15.2. The number of hydrogen-bond acceptors (Lipinski definition) is 0. The zero-order valence-corrected chi connectivity index (χ0v) is 30.5. The minimum absolute atomic E-state index is 0.456. The van der Waals surface area contributed by atoms with Crippen LogP contribution >= 0.6 is 0 Å². The van der Waals surface area contributed by atoms with Crippen molar-refractivity contribution in [1.29, 1.82) is 0 Å². The van der Waals surface area contributed by atoms with E-state index in [1.54, 1.807) is 0 Å². The van der Waals surface area contributed by atoms with Gasteiger partial charge in [-0.2, -0.15) is 0 Å². The van der Waals surface area contributed by atoms with E-state index in [4.69, 9.17) is 0 Å². The molecule has 258 valence electrons. The quantitative estimate of drug-likeness (QED) is 0.158. The Kier molecular flexibility index (Phi) is 5.89. The number of benzene rings is 10. The molecule has 0 fully saturated rings. The Balaban J connectivity index is 1.10. The van der Waals surface area contributed by atoms with Crippen LogP contribution in [0.25, 0.3) is 93.2 Å². The first kappa shape index (κ1) is 30.1. The molecule has 2 aliphatic carbocycles. The topological polar surface area (TPSA) is 4.93 Å². The molecule has 0 saturated carbocycles. The van der Waals surface area contributed by atoms with Crippen molar-refractivity contribution in [2.24, 2.45) is 0 Å². The molecule has 1 spiro atoms. The van der Waals surface area contributed by atoms with E-state index in [0.29, 0.717) is 0 Å². The van der Waals surface area contributed by atoms with Crippen molar-refractivity contribution in [3.63, 3.8) is 0 Å². The van der Waals surface area contributed by atoms with Crippen LogP contribution in [0.1, 0.15) is 22.3 Å². The van der Waals surface area contributed by atoms with Crippen LogP contribution in [0.2, 0.25) is 0 Å². The molecule has 13 rings (SSSR count). The Morgan fingerprint density at radius 1 is 0.268 bits per heavy atom. The van der Waals surface area contributed by atoms with E-state index in [0.717, 1.165) is 0 Å². The number of rotatable bonds is 2. The summed E-state index contributed by atoms with van der Waals surface area (Å²) in [7, 11) is 0. The molecule has 1 atom stereocenters. The highest BCUT2D eigenvalue weighted by Crippen LogP contribution is 2.64. The molecule has 1 heteroatoms. The Morgan fingerprint density at radius 3 is 1.46 bits per heavy atom. The van der Waals surface area contributed by atoms with Crippen molar-refractivity contribution in [3.05, 3.63) is 222 Å². The summed E-state index contributed by atoms with van der Waals surface area (Å²) in [5, 5.41) is 10.4. The standard InChI is InChI=1S/C55H33N/c1-2-14-36(15-3-1)56-53-25-13-10-22-44(53)48-30-34(27-29-54(48)56)35-26-28-43-41-20-8-11-23-49(41)55(51(43)31-35)50-24-12-9-21-42(50)47-32-45-39-18-6-4-16-37(39)38-17-5-7-19-40(38)46(45)33-52(47)55/h1-33H. The van der Waals surface area contributed by atoms with Crippen LogP contribution in [-0.4, -0.2) is 4.57 Å². The predicted molar refractivity (Wildman–Crippen MR) is 235 cm³/mol. The van der Waals surface area contributed by atoms with Gasteiger partial charge in [0.15, 0.2) is 0 Å². The van der Waals surface area contributed by atoms with Crippen molar-refractivity contribution in [3.8, 4) is 39.1 Å². The summed E-state index contributed by atoms with van der Waals surface area (Å²) in [6.07, 6.45) is 0. The Labute approximate surface area is 324 Å². The first-order chi connectivity index (χ1) is 27.8. The second-order valence-electron chi connectivity index (χ2n) is 15.6. The molecule has 1 nitrogen and oxygen atoms in total. The fourth-order valence-corrected chi connectivity index (χ4v) is 10.7. The molecule has 0 amide bonds. The molecular weight excluding hydrogens is 675 g/mol. The molecule has 1 heterocycles. The molecular formula is C55H33N. The SMILES string of the molecule is c1ccc(-n2c3ccccc3c3cc(-c4ccc5c(c4)C4(c6ccccc6-5)c5ccccc5-c5cc6c7ccccc7c7ccccc7c6cc54)ccc32)cc1. The van der Waals surface area contributed by atoms with Crippen LogP contribution in [-0.2, 0) is 5.41 Å². The molecule has 1 unspecified atom stereocenters. The summed E-state index contributed by atoms with van der Waals surface area (Å²) in [6.45, 7) is 0. The van der Waals surface area contributed by atoms with Gasteiger partial charge in [0.05, 0.1) is 16.4 Å². The Bertz CT molecular complexity index is 3480. The predicted octanol–water partition coefficient (Wildman–Crippen LogP) is 14.3. The van der Waals surface area contributed by atoms with Crippen molar-refractivity contribution in [2.45, 2.75) is 5.41 Å². The lowest BCUT2D eigenvalue weighted by molar-refractivity contribution is 0.795. The van der Waals surface area contributed by atoms with E-state index in [9.17, 15) is 0 Å². The van der Waals surface area contributed by atoms with Gasteiger partial charge in [-0.3, -0.25) is 0 Å². The zero-order valence-electron chi connectivity index (χ0n) is 30.5. The highest BCUT2D eigenvalue weighted by molar-refractivity contribution is 6.26. The molecule has 0 saturated heterocycles. The second kappa shape index (κ2) is 10.9. The molecule has 11 aromatic rings. The summed E-state index contributed by atoms with van der Waals surface area (Å²) in [5.74, 6) is 0. The van der Waals surface area contributed by atoms with Gasteiger partial charge in [-0.15, -0.1) is 0 Å². The highest BCUT2D eigenvalue weighted by Gasteiger charge is 2.51. The number of fused-ring (bicyclic) bond motifs is 19. The number of hydrogen-bond donors (Lipinski definition) is 0. The third kappa shape index (κ3) is 3.75. The van der Waals surface area contributed by atoms with Gasteiger partial charge in [0, 0.05) is 16.5 Å². The van der Waals surface area contributed by atoms with E-state index < -0.39 is 5.41 Å². The summed E-state index contributed by atoms with van der Waals surface area (Å²) >= 11 is 0. The monoisotopic (exact) mass is 707 g/mol. The summed E-state index contributed by atoms with van der Waals surface area (Å²) in [4.78, 5) is 0.